The Balaban J connectivity index is 2.05. The molecule has 0 spiro atoms. The molecule has 8 nitrogen and oxygen atoms in total. The van der Waals surface area contributed by atoms with Gasteiger partial charge in [0.1, 0.15) is 18.3 Å². The molecule has 0 heterocycles. The first-order valence-electron chi connectivity index (χ1n) is 13.8. The van der Waals surface area contributed by atoms with E-state index in [0.29, 0.717) is 24.5 Å². The predicted molar refractivity (Wildman–Crippen MR) is 162 cm³/mol. The predicted octanol–water partition coefficient (Wildman–Crippen LogP) is 5.31. The van der Waals surface area contributed by atoms with Gasteiger partial charge in [-0.15, -0.1) is 0 Å². The summed E-state index contributed by atoms with van der Waals surface area (Å²) in [5.74, 6) is -0.195. The third-order valence-electron chi connectivity index (χ3n) is 6.40. The number of hydrogen-bond acceptors (Lipinski definition) is 5. The number of carbonyl (C=O) groups excluding carboxylic acids is 2. The van der Waals surface area contributed by atoms with Gasteiger partial charge < -0.3 is 15.0 Å². The second-order valence-corrected chi connectivity index (χ2v) is 12.8. The fourth-order valence-corrected chi connectivity index (χ4v) is 5.82. The molecule has 0 saturated heterocycles. The van der Waals surface area contributed by atoms with Crippen LogP contribution in [0.25, 0.3) is 0 Å². The highest BCUT2D eigenvalue weighted by Gasteiger charge is 2.34. The third-order valence-corrected chi connectivity index (χ3v) is 8.19. The van der Waals surface area contributed by atoms with Crippen molar-refractivity contribution in [3.05, 3.63) is 90.0 Å². The molecule has 0 radical (unpaired) electrons. The minimum atomic E-state index is -4.12. The van der Waals surface area contributed by atoms with Gasteiger partial charge in [0, 0.05) is 12.1 Å². The number of hydrogen-bond donors (Lipinski definition) is 1. The Bertz CT molecular complexity index is 1400. The highest BCUT2D eigenvalue weighted by molar-refractivity contribution is 7.92. The van der Waals surface area contributed by atoms with Crippen LogP contribution in [0.1, 0.15) is 52.2 Å². The summed E-state index contributed by atoms with van der Waals surface area (Å²) in [7, 11) is -4.12. The van der Waals surface area contributed by atoms with Crippen molar-refractivity contribution in [1.29, 1.82) is 0 Å². The van der Waals surface area contributed by atoms with Gasteiger partial charge in [0.15, 0.2) is 0 Å². The zero-order valence-corrected chi connectivity index (χ0v) is 25.6. The maximum Gasteiger partial charge on any atom is 0.264 e. The number of nitrogens with one attached hydrogen (secondary N) is 1. The minimum Gasteiger partial charge on any atom is -0.494 e. The molecule has 41 heavy (non-hydrogen) atoms. The Hall–Kier alpha value is -3.85. The van der Waals surface area contributed by atoms with Gasteiger partial charge in [-0.05, 0) is 83.0 Å². The molecule has 0 fully saturated rings. The Labute approximate surface area is 244 Å². The van der Waals surface area contributed by atoms with Crippen LogP contribution < -0.4 is 14.4 Å². The number of nitrogens with zero attached hydrogens (tertiary/aromatic N) is 2. The zero-order chi connectivity index (χ0) is 30.2. The van der Waals surface area contributed by atoms with Gasteiger partial charge in [0.05, 0.1) is 17.2 Å². The number of carbonyl (C=O) groups is 2. The molecule has 0 bridgehead atoms. The van der Waals surface area contributed by atoms with Crippen molar-refractivity contribution in [3.63, 3.8) is 0 Å². The number of amides is 2. The van der Waals surface area contributed by atoms with Crippen LogP contribution in [-0.2, 0) is 26.2 Å². The van der Waals surface area contributed by atoms with Crippen LogP contribution >= 0.6 is 0 Å². The Kier molecular flexibility index (Phi) is 10.6. The van der Waals surface area contributed by atoms with Gasteiger partial charge in [0.2, 0.25) is 11.8 Å². The van der Waals surface area contributed by atoms with Gasteiger partial charge in [-0.2, -0.15) is 0 Å². The lowest BCUT2D eigenvalue weighted by Gasteiger charge is -2.34. The molecule has 0 unspecified atom stereocenters. The fraction of sp³-hybridized carbons (Fsp3) is 0.375. The van der Waals surface area contributed by atoms with Crippen molar-refractivity contribution in [1.82, 2.24) is 10.2 Å². The van der Waals surface area contributed by atoms with Crippen molar-refractivity contribution >= 4 is 27.5 Å². The largest absolute Gasteiger partial charge is 0.494 e. The van der Waals surface area contributed by atoms with Crippen molar-refractivity contribution < 1.29 is 22.7 Å². The van der Waals surface area contributed by atoms with Crippen molar-refractivity contribution in [2.45, 2.75) is 71.0 Å². The number of aryl methyl sites for hydroxylation is 1. The number of ether oxygens (including phenoxy) is 1. The molecule has 0 aliphatic rings. The van der Waals surface area contributed by atoms with Crippen LogP contribution in [-0.4, -0.2) is 49.9 Å². The molecule has 3 aromatic rings. The monoisotopic (exact) mass is 579 g/mol. The van der Waals surface area contributed by atoms with Gasteiger partial charge in [0.25, 0.3) is 10.0 Å². The Morgan fingerprint density at radius 2 is 1.51 bits per heavy atom. The molecule has 3 rings (SSSR count). The van der Waals surface area contributed by atoms with E-state index in [0.717, 1.165) is 15.4 Å². The van der Waals surface area contributed by atoms with E-state index >= 15 is 0 Å². The number of rotatable bonds is 12. The lowest BCUT2D eigenvalue weighted by molar-refractivity contribution is -0.141. The van der Waals surface area contributed by atoms with Crippen molar-refractivity contribution in [2.75, 3.05) is 17.5 Å². The molecular weight excluding hydrogens is 538 g/mol. The average molecular weight is 580 g/mol. The van der Waals surface area contributed by atoms with Crippen LogP contribution in [0.15, 0.2) is 83.8 Å². The topological polar surface area (TPSA) is 96.0 Å². The van der Waals surface area contributed by atoms with Crippen molar-refractivity contribution in [3.8, 4) is 5.75 Å². The van der Waals surface area contributed by atoms with E-state index in [1.54, 1.807) is 42.5 Å². The van der Waals surface area contributed by atoms with Gasteiger partial charge in [-0.1, -0.05) is 55.0 Å². The van der Waals surface area contributed by atoms with Crippen LogP contribution in [0, 0.1) is 6.92 Å². The minimum absolute atomic E-state index is 0.0595. The second-order valence-electron chi connectivity index (χ2n) is 10.9. The zero-order valence-electron chi connectivity index (χ0n) is 24.8. The molecule has 0 aliphatic carbocycles. The van der Waals surface area contributed by atoms with E-state index in [2.05, 4.69) is 5.32 Å². The highest BCUT2D eigenvalue weighted by Crippen LogP contribution is 2.27. The van der Waals surface area contributed by atoms with Gasteiger partial charge in [-0.25, -0.2) is 8.42 Å². The van der Waals surface area contributed by atoms with Crippen LogP contribution in [0.3, 0.4) is 0 Å². The summed E-state index contributed by atoms with van der Waals surface area (Å²) in [6, 6.07) is 21.5. The molecule has 220 valence electrons. The molecule has 0 aromatic heterocycles. The standard InChI is InChI=1S/C32H41N3O5S/c1-7-29(31(37)33-32(4,5)6)34(22-25-16-14-24(3)15-17-25)30(36)23-35(26-18-20-27(21-19-26)40-8-2)41(38,39)28-12-10-9-11-13-28/h9-21,29H,7-8,22-23H2,1-6H3,(H,33,37)/t29-/m1/s1. The fourth-order valence-electron chi connectivity index (χ4n) is 4.39. The van der Waals surface area contributed by atoms with Gasteiger partial charge in [-0.3, -0.25) is 13.9 Å². The van der Waals surface area contributed by atoms with Crippen LogP contribution in [0.4, 0.5) is 5.69 Å². The van der Waals surface area contributed by atoms with E-state index in [1.165, 1.54) is 17.0 Å². The SMILES string of the molecule is CCOc1ccc(N(CC(=O)N(Cc2ccc(C)cc2)[C@H](CC)C(=O)NC(C)(C)C)S(=O)(=O)c2ccccc2)cc1. The summed E-state index contributed by atoms with van der Waals surface area (Å²) in [5.41, 5.74) is 1.71. The summed E-state index contributed by atoms with van der Waals surface area (Å²) >= 11 is 0. The molecular formula is C32H41N3O5S. The second kappa shape index (κ2) is 13.7. The summed E-state index contributed by atoms with van der Waals surface area (Å²) < 4.78 is 34.4. The van der Waals surface area contributed by atoms with E-state index < -0.39 is 34.1 Å². The Morgan fingerprint density at radius 1 is 0.902 bits per heavy atom. The average Bonchev–Trinajstić information content (AvgIpc) is 2.92. The maximum absolute atomic E-state index is 14.1. The van der Waals surface area contributed by atoms with Gasteiger partial charge >= 0.3 is 0 Å². The normalized spacial score (nSPS) is 12.3. The van der Waals surface area contributed by atoms with Crippen molar-refractivity contribution in [2.24, 2.45) is 0 Å². The first-order valence-corrected chi connectivity index (χ1v) is 15.3. The molecule has 1 N–H and O–H groups in total. The number of anilines is 1. The summed E-state index contributed by atoms with van der Waals surface area (Å²) in [6.07, 6.45) is 0.355. The first-order chi connectivity index (χ1) is 19.4. The van der Waals surface area contributed by atoms with Crippen LogP contribution in [0.2, 0.25) is 0 Å². The third kappa shape index (κ3) is 8.57. The van der Waals surface area contributed by atoms with E-state index in [1.807, 2.05) is 65.8 Å². The smallest absolute Gasteiger partial charge is 0.264 e. The first kappa shape index (κ1) is 31.7. The number of benzene rings is 3. The van der Waals surface area contributed by atoms with E-state index in [9.17, 15) is 18.0 Å². The molecule has 0 saturated carbocycles. The summed E-state index contributed by atoms with van der Waals surface area (Å²) in [6.45, 7) is 11.4. The maximum atomic E-state index is 14.1. The molecule has 1 atom stereocenters. The Morgan fingerprint density at radius 3 is 2.05 bits per heavy atom. The molecule has 3 aromatic carbocycles. The van der Waals surface area contributed by atoms with E-state index in [-0.39, 0.29) is 17.3 Å². The summed E-state index contributed by atoms with van der Waals surface area (Å²) in [4.78, 5) is 29.1. The quantitative estimate of drug-likeness (QED) is 0.314. The lowest BCUT2D eigenvalue weighted by Crippen LogP contribution is -2.55. The van der Waals surface area contributed by atoms with Crippen LogP contribution in [0.5, 0.6) is 5.75 Å². The lowest BCUT2D eigenvalue weighted by atomic mass is 10.1. The molecule has 2 amide bonds. The highest BCUT2D eigenvalue weighted by atomic mass is 32.2. The summed E-state index contributed by atoms with van der Waals surface area (Å²) in [5, 5.41) is 2.98. The molecule has 9 heteroatoms. The number of sulfonamides is 1. The molecule has 0 aliphatic heterocycles. The van der Waals surface area contributed by atoms with E-state index in [4.69, 9.17) is 4.74 Å².